The normalized spacial score (nSPS) is 17.8. The van der Waals surface area contributed by atoms with Crippen LogP contribution < -0.4 is 5.32 Å². The number of fused-ring (bicyclic) bond motifs is 1. The number of likely N-dealkylation sites (tertiary alicyclic amines) is 1. The van der Waals surface area contributed by atoms with Gasteiger partial charge in [0.2, 0.25) is 11.8 Å². The molecule has 1 saturated heterocycles. The van der Waals surface area contributed by atoms with Gasteiger partial charge in [-0.25, -0.2) is 4.98 Å². The predicted octanol–water partition coefficient (Wildman–Crippen LogP) is 3.27. The number of aromatic nitrogens is 2. The van der Waals surface area contributed by atoms with Gasteiger partial charge in [-0.05, 0) is 23.6 Å². The van der Waals surface area contributed by atoms with Crippen LogP contribution in [0.4, 0.5) is 0 Å². The van der Waals surface area contributed by atoms with Crippen molar-refractivity contribution in [1.82, 2.24) is 20.2 Å². The van der Waals surface area contributed by atoms with Crippen molar-refractivity contribution in [2.24, 2.45) is 11.8 Å². The Labute approximate surface area is 170 Å². The van der Waals surface area contributed by atoms with Crippen LogP contribution in [-0.4, -0.2) is 39.8 Å². The first-order valence-corrected chi connectivity index (χ1v) is 10.1. The molecule has 1 fully saturated rings. The maximum atomic E-state index is 13.1. The quantitative estimate of drug-likeness (QED) is 0.678. The number of para-hydroxylation sites is 2. The Kier molecular flexibility index (Phi) is 5.34. The minimum Gasteiger partial charge on any atom is -0.342 e. The van der Waals surface area contributed by atoms with E-state index in [1.54, 1.807) is 4.90 Å². The molecule has 0 bridgehead atoms. The van der Waals surface area contributed by atoms with E-state index in [1.807, 2.05) is 54.6 Å². The average molecular weight is 390 g/mol. The number of hydrogen-bond donors (Lipinski definition) is 2. The second-order valence-electron chi connectivity index (χ2n) is 8.09. The Morgan fingerprint density at radius 2 is 1.90 bits per heavy atom. The standard InChI is InChI=1S/C23H26N4O2/c1-15(2)13-27-14-17(12-20(27)28)23(29)26-21(16-8-4-3-5-9-16)22-24-18-10-6-7-11-19(18)25-22/h3-11,15,17,21H,12-14H2,1-2H3,(H,24,25)(H,26,29)/t17?,21-/m1/s1. The summed E-state index contributed by atoms with van der Waals surface area (Å²) in [6, 6.07) is 17.2. The minimum atomic E-state index is -0.398. The first kappa shape index (κ1) is 19.2. The molecular weight excluding hydrogens is 364 g/mol. The van der Waals surface area contributed by atoms with E-state index in [9.17, 15) is 9.59 Å². The first-order chi connectivity index (χ1) is 14.0. The van der Waals surface area contributed by atoms with Crippen LogP contribution in [-0.2, 0) is 9.59 Å². The van der Waals surface area contributed by atoms with Crippen molar-refractivity contribution in [3.05, 3.63) is 66.0 Å². The zero-order valence-electron chi connectivity index (χ0n) is 16.8. The second-order valence-corrected chi connectivity index (χ2v) is 8.09. The highest BCUT2D eigenvalue weighted by Crippen LogP contribution is 2.25. The molecule has 1 unspecified atom stereocenters. The highest BCUT2D eigenvalue weighted by Gasteiger charge is 2.35. The van der Waals surface area contributed by atoms with Gasteiger partial charge in [-0.1, -0.05) is 56.3 Å². The molecule has 1 aliphatic rings. The largest absolute Gasteiger partial charge is 0.342 e. The monoisotopic (exact) mass is 390 g/mol. The highest BCUT2D eigenvalue weighted by atomic mass is 16.2. The Morgan fingerprint density at radius 3 is 2.62 bits per heavy atom. The summed E-state index contributed by atoms with van der Waals surface area (Å²) in [6.45, 7) is 5.32. The molecule has 2 heterocycles. The summed E-state index contributed by atoms with van der Waals surface area (Å²) in [5, 5.41) is 3.14. The van der Waals surface area contributed by atoms with E-state index < -0.39 is 6.04 Å². The number of H-pyrrole nitrogens is 1. The number of hydrogen-bond acceptors (Lipinski definition) is 3. The smallest absolute Gasteiger partial charge is 0.226 e. The summed E-state index contributed by atoms with van der Waals surface area (Å²) < 4.78 is 0. The summed E-state index contributed by atoms with van der Waals surface area (Å²) in [6.07, 6.45) is 0.264. The molecule has 0 aliphatic carbocycles. The fourth-order valence-electron chi connectivity index (χ4n) is 3.89. The third kappa shape index (κ3) is 4.16. The van der Waals surface area contributed by atoms with Crippen molar-refractivity contribution in [3.8, 4) is 0 Å². The highest BCUT2D eigenvalue weighted by molar-refractivity contribution is 5.89. The lowest BCUT2D eigenvalue weighted by Crippen LogP contribution is -2.37. The summed E-state index contributed by atoms with van der Waals surface area (Å²) in [5.74, 6) is 0.678. The molecule has 3 aromatic rings. The summed E-state index contributed by atoms with van der Waals surface area (Å²) >= 11 is 0. The van der Waals surface area contributed by atoms with Crippen molar-refractivity contribution < 1.29 is 9.59 Å². The van der Waals surface area contributed by atoms with Crippen LogP contribution in [0, 0.1) is 11.8 Å². The van der Waals surface area contributed by atoms with E-state index in [1.165, 1.54) is 0 Å². The molecule has 2 amide bonds. The number of amides is 2. The molecule has 150 valence electrons. The molecule has 0 radical (unpaired) electrons. The van der Waals surface area contributed by atoms with Crippen LogP contribution in [0.15, 0.2) is 54.6 Å². The molecule has 0 spiro atoms. The van der Waals surface area contributed by atoms with Gasteiger partial charge in [0.15, 0.2) is 0 Å². The molecule has 2 atom stereocenters. The lowest BCUT2D eigenvalue weighted by molar-refractivity contribution is -0.129. The molecule has 0 saturated carbocycles. The van der Waals surface area contributed by atoms with Crippen LogP contribution in [0.25, 0.3) is 11.0 Å². The minimum absolute atomic E-state index is 0.0545. The molecule has 1 aliphatic heterocycles. The Hall–Kier alpha value is -3.15. The maximum Gasteiger partial charge on any atom is 0.226 e. The van der Waals surface area contributed by atoms with E-state index in [0.29, 0.717) is 24.8 Å². The fourth-order valence-corrected chi connectivity index (χ4v) is 3.89. The van der Waals surface area contributed by atoms with Crippen LogP contribution in [0.2, 0.25) is 0 Å². The van der Waals surface area contributed by atoms with Gasteiger partial charge >= 0.3 is 0 Å². The van der Waals surface area contributed by atoms with Gasteiger partial charge < -0.3 is 15.2 Å². The van der Waals surface area contributed by atoms with E-state index in [4.69, 9.17) is 4.98 Å². The zero-order valence-corrected chi connectivity index (χ0v) is 16.8. The second kappa shape index (κ2) is 8.07. The third-order valence-electron chi connectivity index (χ3n) is 5.27. The first-order valence-electron chi connectivity index (χ1n) is 10.1. The number of benzene rings is 2. The van der Waals surface area contributed by atoms with Gasteiger partial charge in [0.1, 0.15) is 11.9 Å². The van der Waals surface area contributed by atoms with Crippen molar-refractivity contribution in [1.29, 1.82) is 0 Å². The molecule has 6 heteroatoms. The van der Waals surface area contributed by atoms with Gasteiger partial charge in [-0.2, -0.15) is 0 Å². The Morgan fingerprint density at radius 1 is 1.17 bits per heavy atom. The van der Waals surface area contributed by atoms with Gasteiger partial charge in [-0.15, -0.1) is 0 Å². The van der Waals surface area contributed by atoms with Crippen LogP contribution >= 0.6 is 0 Å². The number of carbonyl (C=O) groups is 2. The molecule has 29 heavy (non-hydrogen) atoms. The number of aromatic amines is 1. The SMILES string of the molecule is CC(C)CN1CC(C(=O)N[C@H](c2ccccc2)c2nc3ccccc3[nH]2)CC1=O. The van der Waals surface area contributed by atoms with Gasteiger partial charge in [-0.3, -0.25) is 9.59 Å². The number of nitrogens with zero attached hydrogens (tertiary/aromatic N) is 2. The lowest BCUT2D eigenvalue weighted by atomic mass is 10.0. The number of carbonyl (C=O) groups excluding carboxylic acids is 2. The average Bonchev–Trinajstić information content (AvgIpc) is 3.30. The topological polar surface area (TPSA) is 78.1 Å². The summed E-state index contributed by atoms with van der Waals surface area (Å²) in [4.78, 5) is 35.2. The van der Waals surface area contributed by atoms with Crippen molar-refractivity contribution in [2.45, 2.75) is 26.3 Å². The van der Waals surface area contributed by atoms with Gasteiger partial charge in [0.25, 0.3) is 0 Å². The maximum absolute atomic E-state index is 13.1. The molecule has 6 nitrogen and oxygen atoms in total. The van der Waals surface area contributed by atoms with Crippen molar-refractivity contribution in [3.63, 3.8) is 0 Å². The third-order valence-corrected chi connectivity index (χ3v) is 5.27. The van der Waals surface area contributed by atoms with Gasteiger partial charge in [0.05, 0.1) is 17.0 Å². The summed E-state index contributed by atoms with van der Waals surface area (Å²) in [5.41, 5.74) is 2.73. The van der Waals surface area contributed by atoms with Crippen molar-refractivity contribution >= 4 is 22.8 Å². The van der Waals surface area contributed by atoms with Crippen LogP contribution in [0.1, 0.15) is 37.7 Å². The zero-order chi connectivity index (χ0) is 20.4. The molecular formula is C23H26N4O2. The van der Waals surface area contributed by atoms with Crippen LogP contribution in [0.3, 0.4) is 0 Å². The molecule has 4 rings (SSSR count). The molecule has 2 aromatic carbocycles. The predicted molar refractivity (Wildman–Crippen MR) is 112 cm³/mol. The van der Waals surface area contributed by atoms with Crippen LogP contribution in [0.5, 0.6) is 0 Å². The van der Waals surface area contributed by atoms with E-state index in [0.717, 1.165) is 16.6 Å². The molecule has 2 N–H and O–H groups in total. The molecule has 1 aromatic heterocycles. The Balaban J connectivity index is 1.58. The number of nitrogens with one attached hydrogen (secondary N) is 2. The number of rotatable bonds is 6. The van der Waals surface area contributed by atoms with Gasteiger partial charge in [0, 0.05) is 19.5 Å². The fraction of sp³-hybridized carbons (Fsp3) is 0.348. The van der Waals surface area contributed by atoms with E-state index in [-0.39, 0.29) is 24.2 Å². The van der Waals surface area contributed by atoms with E-state index >= 15 is 0 Å². The Bertz CT molecular complexity index is 979. The van der Waals surface area contributed by atoms with Crippen molar-refractivity contribution in [2.75, 3.05) is 13.1 Å². The van der Waals surface area contributed by atoms with E-state index in [2.05, 4.69) is 24.1 Å². The number of imidazole rings is 1. The lowest BCUT2D eigenvalue weighted by Gasteiger charge is -2.21. The summed E-state index contributed by atoms with van der Waals surface area (Å²) in [7, 11) is 0.